The average Bonchev–Trinajstić information content (AvgIpc) is 2.39. The molecule has 0 aliphatic carbocycles. The molecule has 0 amide bonds. The molecule has 0 aliphatic rings. The molecule has 0 aliphatic heterocycles. The first kappa shape index (κ1) is 15.3. The zero-order chi connectivity index (χ0) is 13.1. The molecule has 0 saturated carbocycles. The van der Waals surface area contributed by atoms with Crippen molar-refractivity contribution in [2.75, 3.05) is 20.6 Å². The second-order valence-corrected chi connectivity index (χ2v) is 3.24. The number of nitrogens with zero attached hydrogens (tertiary/aromatic N) is 1. The fraction of sp³-hybridized carbons (Fsp3) is 0.333. The van der Waals surface area contributed by atoms with Crippen LogP contribution in [0.1, 0.15) is 11.1 Å². The third-order valence-corrected chi connectivity index (χ3v) is 1.97. The van der Waals surface area contributed by atoms with Gasteiger partial charge < -0.3 is 21.6 Å². The number of rotatable bonds is 4. The second kappa shape index (κ2) is 9.50. The number of aldehydes is 1. The molecular weight excluding hydrogens is 216 g/mol. The molecule has 0 aromatic heterocycles. The monoisotopic (exact) mass is 236 g/mol. The topological polar surface area (TPSA) is 93.5 Å². The molecule has 5 N–H and O–H groups in total. The van der Waals surface area contributed by atoms with Gasteiger partial charge in [0.25, 0.3) is 0 Å². The summed E-state index contributed by atoms with van der Waals surface area (Å²) in [6.45, 7) is 1.02. The number of amidine groups is 1. The third-order valence-electron chi connectivity index (χ3n) is 1.97. The molecule has 5 heteroatoms. The highest BCUT2D eigenvalue weighted by Gasteiger charge is 1.96. The van der Waals surface area contributed by atoms with Crippen LogP contribution in [0.3, 0.4) is 0 Å². The lowest BCUT2D eigenvalue weighted by Gasteiger charge is -2.02. The summed E-state index contributed by atoms with van der Waals surface area (Å²) < 4.78 is 0. The van der Waals surface area contributed by atoms with E-state index >= 15 is 0 Å². The van der Waals surface area contributed by atoms with E-state index < -0.39 is 0 Å². The Bertz CT molecular complexity index is 346. The van der Waals surface area contributed by atoms with Crippen molar-refractivity contribution in [2.45, 2.75) is 6.54 Å². The van der Waals surface area contributed by atoms with Crippen molar-refractivity contribution in [1.82, 2.24) is 5.32 Å². The van der Waals surface area contributed by atoms with Crippen molar-refractivity contribution in [2.24, 2.45) is 16.5 Å². The summed E-state index contributed by atoms with van der Waals surface area (Å²) in [5.41, 5.74) is 12.5. The van der Waals surface area contributed by atoms with Crippen LogP contribution in [0.5, 0.6) is 0 Å². The van der Waals surface area contributed by atoms with Gasteiger partial charge in [-0.15, -0.1) is 0 Å². The number of hydrogen-bond acceptors (Lipinski definition) is 4. The van der Waals surface area contributed by atoms with Crippen molar-refractivity contribution in [3.05, 3.63) is 35.4 Å². The SMILES string of the molecule is CN=C(N)c1ccc(CNC)cc1.NCC=O. The Kier molecular flexibility index (Phi) is 8.54. The van der Waals surface area contributed by atoms with Crippen molar-refractivity contribution >= 4 is 12.1 Å². The van der Waals surface area contributed by atoms with Crippen molar-refractivity contribution in [1.29, 1.82) is 0 Å². The Morgan fingerprint density at radius 3 is 2.29 bits per heavy atom. The number of carbonyl (C=O) groups excluding carboxylic acids is 1. The minimum atomic E-state index is 0.139. The Morgan fingerprint density at radius 2 is 1.94 bits per heavy atom. The Morgan fingerprint density at radius 1 is 1.41 bits per heavy atom. The minimum absolute atomic E-state index is 0.139. The van der Waals surface area contributed by atoms with Gasteiger partial charge in [0.2, 0.25) is 0 Å². The maximum atomic E-state index is 9.05. The van der Waals surface area contributed by atoms with Gasteiger partial charge in [-0.05, 0) is 12.6 Å². The first-order valence-corrected chi connectivity index (χ1v) is 5.29. The molecule has 0 saturated heterocycles. The number of benzene rings is 1. The summed E-state index contributed by atoms with van der Waals surface area (Å²) in [4.78, 5) is 13.0. The predicted octanol–water partition coefficient (Wildman–Crippen LogP) is -0.115. The summed E-state index contributed by atoms with van der Waals surface area (Å²) in [5, 5.41) is 3.09. The number of carbonyl (C=O) groups is 1. The van der Waals surface area contributed by atoms with Gasteiger partial charge in [-0.3, -0.25) is 4.99 Å². The van der Waals surface area contributed by atoms with Crippen LogP contribution in [-0.2, 0) is 11.3 Å². The first-order valence-electron chi connectivity index (χ1n) is 5.29. The first-order chi connectivity index (χ1) is 8.19. The fourth-order valence-electron chi connectivity index (χ4n) is 1.13. The maximum Gasteiger partial charge on any atom is 0.133 e. The molecule has 0 unspecified atom stereocenters. The van der Waals surface area contributed by atoms with Gasteiger partial charge in [0.15, 0.2) is 0 Å². The third kappa shape index (κ3) is 6.44. The number of nitrogens with one attached hydrogen (secondary N) is 1. The summed E-state index contributed by atoms with van der Waals surface area (Å²) >= 11 is 0. The van der Waals surface area contributed by atoms with E-state index in [-0.39, 0.29) is 6.54 Å². The van der Waals surface area contributed by atoms with E-state index in [1.807, 2.05) is 31.3 Å². The lowest BCUT2D eigenvalue weighted by Crippen LogP contribution is -2.13. The van der Waals surface area contributed by atoms with E-state index in [4.69, 9.17) is 10.5 Å². The largest absolute Gasteiger partial charge is 0.384 e. The molecule has 0 heterocycles. The van der Waals surface area contributed by atoms with E-state index in [1.165, 1.54) is 5.56 Å². The fourth-order valence-corrected chi connectivity index (χ4v) is 1.13. The van der Waals surface area contributed by atoms with Crippen LogP contribution in [0.4, 0.5) is 0 Å². The highest BCUT2D eigenvalue weighted by atomic mass is 16.1. The van der Waals surface area contributed by atoms with Gasteiger partial charge in [-0.2, -0.15) is 0 Å². The molecule has 17 heavy (non-hydrogen) atoms. The molecular formula is C12H20N4O. The van der Waals surface area contributed by atoms with Crippen LogP contribution in [0, 0.1) is 0 Å². The zero-order valence-corrected chi connectivity index (χ0v) is 10.3. The maximum absolute atomic E-state index is 9.05. The quantitative estimate of drug-likeness (QED) is 0.386. The van der Waals surface area contributed by atoms with Crippen molar-refractivity contribution in [3.63, 3.8) is 0 Å². The predicted molar refractivity (Wildman–Crippen MR) is 71.0 cm³/mol. The average molecular weight is 236 g/mol. The van der Waals surface area contributed by atoms with E-state index in [2.05, 4.69) is 16.0 Å². The molecule has 1 aromatic carbocycles. The van der Waals surface area contributed by atoms with Gasteiger partial charge in [-0.1, -0.05) is 24.3 Å². The van der Waals surface area contributed by atoms with Gasteiger partial charge in [0.05, 0.1) is 0 Å². The van der Waals surface area contributed by atoms with Crippen molar-refractivity contribution < 1.29 is 4.79 Å². The summed E-state index contributed by atoms with van der Waals surface area (Å²) in [6, 6.07) is 8.05. The molecule has 0 spiro atoms. The molecule has 0 atom stereocenters. The van der Waals surface area contributed by atoms with Crippen LogP contribution in [0.15, 0.2) is 29.3 Å². The molecule has 5 nitrogen and oxygen atoms in total. The molecule has 1 rings (SSSR count). The Labute approximate surface area is 102 Å². The number of hydrogen-bond donors (Lipinski definition) is 3. The Hall–Kier alpha value is -1.72. The molecule has 0 bridgehead atoms. The van der Waals surface area contributed by atoms with Gasteiger partial charge in [0.1, 0.15) is 12.1 Å². The molecule has 0 fully saturated rings. The normalized spacial score (nSPS) is 10.4. The minimum Gasteiger partial charge on any atom is -0.384 e. The van der Waals surface area contributed by atoms with Crippen LogP contribution in [0.2, 0.25) is 0 Å². The summed E-state index contributed by atoms with van der Waals surface area (Å²) in [6.07, 6.45) is 0.653. The lowest BCUT2D eigenvalue weighted by atomic mass is 10.1. The van der Waals surface area contributed by atoms with Crippen LogP contribution in [0.25, 0.3) is 0 Å². The van der Waals surface area contributed by atoms with Gasteiger partial charge in [0, 0.05) is 25.7 Å². The van der Waals surface area contributed by atoms with Crippen molar-refractivity contribution in [3.8, 4) is 0 Å². The number of aliphatic imine (C=N–C) groups is 1. The second-order valence-electron chi connectivity index (χ2n) is 3.24. The lowest BCUT2D eigenvalue weighted by molar-refractivity contribution is -0.106. The molecule has 1 aromatic rings. The van der Waals surface area contributed by atoms with Crippen LogP contribution in [-0.4, -0.2) is 32.8 Å². The standard InChI is InChI=1S/C10H15N3.C2H5NO/c1-12-7-8-3-5-9(6-4-8)10(11)13-2;3-1-2-4/h3-6,12H,7H2,1-2H3,(H2,11,13);2H,1,3H2. The van der Waals surface area contributed by atoms with Gasteiger partial charge >= 0.3 is 0 Å². The van der Waals surface area contributed by atoms with E-state index in [9.17, 15) is 0 Å². The zero-order valence-electron chi connectivity index (χ0n) is 10.3. The molecule has 94 valence electrons. The summed E-state index contributed by atoms with van der Waals surface area (Å²) in [5.74, 6) is 0.580. The van der Waals surface area contributed by atoms with E-state index in [0.29, 0.717) is 12.1 Å². The van der Waals surface area contributed by atoms with Gasteiger partial charge in [-0.25, -0.2) is 0 Å². The van der Waals surface area contributed by atoms with E-state index in [1.54, 1.807) is 7.05 Å². The molecule has 0 radical (unpaired) electrons. The van der Waals surface area contributed by atoms with E-state index in [0.717, 1.165) is 12.1 Å². The van der Waals surface area contributed by atoms with Crippen LogP contribution < -0.4 is 16.8 Å². The van der Waals surface area contributed by atoms with Crippen LogP contribution >= 0.6 is 0 Å². The summed E-state index contributed by atoms with van der Waals surface area (Å²) in [7, 11) is 3.62. The smallest absolute Gasteiger partial charge is 0.133 e. The number of nitrogens with two attached hydrogens (primary N) is 2. The highest BCUT2D eigenvalue weighted by molar-refractivity contribution is 5.97. The Balaban J connectivity index is 0.000000557. The highest BCUT2D eigenvalue weighted by Crippen LogP contribution is 2.03.